The summed E-state index contributed by atoms with van der Waals surface area (Å²) in [4.78, 5) is 136. The van der Waals surface area contributed by atoms with Crippen molar-refractivity contribution >= 4 is 64.1 Å². The van der Waals surface area contributed by atoms with E-state index in [4.69, 9.17) is 14.5 Å². The van der Waals surface area contributed by atoms with Gasteiger partial charge in [0.1, 0.15) is 25.2 Å². The molecule has 1 fully saturated rings. The number of aliphatic hydroxyl groups is 1. The van der Waals surface area contributed by atoms with Crippen LogP contribution < -0.4 is 32.1 Å². The molecule has 0 saturated carbocycles. The number of imide groups is 1. The normalized spacial score (nSPS) is 19.4. The summed E-state index contributed by atoms with van der Waals surface area (Å²) in [6.07, 6.45) is 4.86. The molecule has 6 heterocycles. The molecule has 0 bridgehead atoms. The maximum absolute atomic E-state index is 15.5. The molecule has 8 amide bonds. The molecule has 0 radical (unpaired) electrons. The van der Waals surface area contributed by atoms with Gasteiger partial charge in [-0.2, -0.15) is 0 Å². The second-order valence-corrected chi connectivity index (χ2v) is 20.0. The molecule has 1 unspecified atom stereocenters. The molecular weight excluding hydrogens is 1010 g/mol. The van der Waals surface area contributed by atoms with Crippen LogP contribution in [-0.4, -0.2) is 129 Å². The van der Waals surface area contributed by atoms with Gasteiger partial charge < -0.3 is 50.6 Å². The van der Waals surface area contributed by atoms with Crippen LogP contribution in [0, 0.1) is 12.7 Å². The molecule has 22 nitrogen and oxygen atoms in total. The fourth-order valence-electron chi connectivity index (χ4n) is 10.9. The number of nitrogens with one attached hydrogen (secondary N) is 5. The Hall–Kier alpha value is -8.18. The van der Waals surface area contributed by atoms with E-state index in [0.29, 0.717) is 72.1 Å². The lowest BCUT2D eigenvalue weighted by molar-refractivity contribution is -0.172. The molecule has 78 heavy (non-hydrogen) atoms. The zero-order valence-electron chi connectivity index (χ0n) is 43.2. The number of amides is 8. The Morgan fingerprint density at radius 2 is 1.59 bits per heavy atom. The first-order valence-corrected chi connectivity index (χ1v) is 26.1. The van der Waals surface area contributed by atoms with Gasteiger partial charge in [-0.15, -0.1) is 0 Å². The Bertz CT molecular complexity index is 3220. The molecule has 2 aromatic heterocycles. The Labute approximate surface area is 446 Å². The van der Waals surface area contributed by atoms with Crippen molar-refractivity contribution in [2.45, 2.75) is 115 Å². The van der Waals surface area contributed by atoms with E-state index < -0.39 is 90.3 Å². The Kier molecular flexibility index (Phi) is 16.2. The van der Waals surface area contributed by atoms with Crippen LogP contribution in [-0.2, 0) is 84.2 Å². The van der Waals surface area contributed by atoms with Crippen LogP contribution in [0.5, 0.6) is 0 Å². The second-order valence-electron chi connectivity index (χ2n) is 20.0. The second kappa shape index (κ2) is 23.2. The number of likely N-dealkylation sites (tertiary alicyclic amines) is 1. The lowest BCUT2D eigenvalue weighted by Gasteiger charge is -2.41. The van der Waals surface area contributed by atoms with Crippen molar-refractivity contribution in [1.82, 2.24) is 45.9 Å². The number of carbonyl (C=O) groups excluding carboxylic acids is 9. The standard InChI is InChI=1S/C55H60FN9O13/c1-3-55(76)36-22-41-51-34(27-65(41)53(74)35(36)28-77-54(55)75)50-40(14-13-33-30(2)37(56)23-38(62-51)49(33)50)63-19-17-32(21-48(63)72)78-29-60-44(68)25-59-52(73)39(20-31-10-6-4-7-11-31)61-45(69)26-58-43(67)24-57-42(66)12-8-5-9-18-64-46(70)15-16-47(64)71/h4,6-7,10-11,15-16,22-23,32,39-40,76H,3,5,8-9,12-14,17-21,24-29H2,1-2H3,(H,57,66)(H,58,67)(H,59,73)(H,60,68)(H,61,69)/t32?,39-,40-,55-/m0/s1. The van der Waals surface area contributed by atoms with Crippen molar-refractivity contribution in [3.05, 3.63) is 110 Å². The molecule has 4 aliphatic heterocycles. The third-order valence-corrected chi connectivity index (χ3v) is 15.2. The van der Waals surface area contributed by atoms with Crippen LogP contribution in [0.15, 0.2) is 59.4 Å². The number of aromatic nitrogens is 2. The number of ether oxygens (including phenoxy) is 2. The van der Waals surface area contributed by atoms with E-state index in [1.54, 1.807) is 55.1 Å². The van der Waals surface area contributed by atoms with Crippen LogP contribution in [0.3, 0.4) is 0 Å². The first kappa shape index (κ1) is 54.6. The van der Waals surface area contributed by atoms with Crippen LogP contribution in [0.2, 0.25) is 0 Å². The van der Waals surface area contributed by atoms with E-state index in [9.17, 15) is 53.1 Å². The van der Waals surface area contributed by atoms with Crippen LogP contribution in [0.4, 0.5) is 4.39 Å². The number of carbonyl (C=O) groups is 9. The molecule has 1 aliphatic carbocycles. The smallest absolute Gasteiger partial charge is 0.343 e. The van der Waals surface area contributed by atoms with Crippen molar-refractivity contribution in [2.75, 3.05) is 39.5 Å². The Morgan fingerprint density at radius 1 is 0.872 bits per heavy atom. The number of fused-ring (bicyclic) bond motifs is 5. The molecule has 4 aromatic rings. The van der Waals surface area contributed by atoms with Gasteiger partial charge in [0, 0.05) is 60.7 Å². The van der Waals surface area contributed by atoms with Gasteiger partial charge in [0.15, 0.2) is 5.60 Å². The summed E-state index contributed by atoms with van der Waals surface area (Å²) < 4.78 is 28.2. The summed E-state index contributed by atoms with van der Waals surface area (Å²) in [5, 5.41) is 24.8. The maximum atomic E-state index is 15.5. The average Bonchev–Trinajstić information content (AvgIpc) is 4.03. The van der Waals surface area contributed by atoms with Crippen LogP contribution >= 0.6 is 0 Å². The number of unbranched alkanes of at least 4 members (excludes halogenated alkanes) is 2. The van der Waals surface area contributed by atoms with Crippen molar-refractivity contribution in [3.8, 4) is 11.4 Å². The van der Waals surface area contributed by atoms with E-state index in [1.165, 1.54) is 22.8 Å². The van der Waals surface area contributed by atoms with Crippen LogP contribution in [0.1, 0.15) is 103 Å². The number of esters is 1. The summed E-state index contributed by atoms with van der Waals surface area (Å²) >= 11 is 0. The largest absolute Gasteiger partial charge is 0.458 e. The highest BCUT2D eigenvalue weighted by Crippen LogP contribution is 2.48. The number of piperidine rings is 1. The van der Waals surface area contributed by atoms with Crippen molar-refractivity contribution in [2.24, 2.45) is 0 Å². The fraction of sp³-hybridized carbons (Fsp3) is 0.436. The number of rotatable bonds is 21. The summed E-state index contributed by atoms with van der Waals surface area (Å²) in [6.45, 7) is 1.99. The van der Waals surface area contributed by atoms with E-state index >= 15 is 4.39 Å². The minimum Gasteiger partial charge on any atom is -0.458 e. The quantitative estimate of drug-likeness (QED) is 0.0260. The first-order valence-electron chi connectivity index (χ1n) is 26.1. The third kappa shape index (κ3) is 11.3. The van der Waals surface area contributed by atoms with E-state index in [1.807, 2.05) is 0 Å². The number of halogens is 1. The first-order chi connectivity index (χ1) is 37.4. The summed E-state index contributed by atoms with van der Waals surface area (Å²) in [7, 11) is 0. The Balaban J connectivity index is 0.754. The van der Waals surface area contributed by atoms with Gasteiger partial charge in [0.25, 0.3) is 17.4 Å². The minimum atomic E-state index is -2.04. The number of aryl methyl sites for hydroxylation is 1. The summed E-state index contributed by atoms with van der Waals surface area (Å²) in [5.41, 5.74) is 2.39. The predicted octanol–water partition coefficient (Wildman–Crippen LogP) is 1.16. The molecule has 0 spiro atoms. The zero-order chi connectivity index (χ0) is 55.4. The van der Waals surface area contributed by atoms with Gasteiger partial charge in [0.2, 0.25) is 35.4 Å². The molecule has 5 aliphatic rings. The number of hydrogen-bond donors (Lipinski definition) is 6. The lowest BCUT2D eigenvalue weighted by Crippen LogP contribution is -2.52. The number of benzene rings is 2. The monoisotopic (exact) mass is 1070 g/mol. The lowest BCUT2D eigenvalue weighted by atomic mass is 9.80. The Morgan fingerprint density at radius 3 is 2.33 bits per heavy atom. The highest BCUT2D eigenvalue weighted by Gasteiger charge is 2.46. The van der Waals surface area contributed by atoms with E-state index in [0.717, 1.165) is 21.4 Å². The average molecular weight is 1070 g/mol. The molecule has 410 valence electrons. The van der Waals surface area contributed by atoms with Crippen molar-refractivity contribution in [1.29, 1.82) is 0 Å². The molecule has 4 atom stereocenters. The predicted molar refractivity (Wildman–Crippen MR) is 275 cm³/mol. The van der Waals surface area contributed by atoms with Crippen molar-refractivity contribution in [3.63, 3.8) is 0 Å². The molecule has 9 rings (SSSR count). The van der Waals surface area contributed by atoms with Gasteiger partial charge in [-0.25, -0.2) is 14.2 Å². The van der Waals surface area contributed by atoms with Gasteiger partial charge >= 0.3 is 5.97 Å². The van der Waals surface area contributed by atoms with E-state index in [-0.39, 0.29) is 87.5 Å². The van der Waals surface area contributed by atoms with Crippen LogP contribution in [0.25, 0.3) is 22.3 Å². The summed E-state index contributed by atoms with van der Waals surface area (Å²) in [5.74, 6) is -5.27. The zero-order valence-corrected chi connectivity index (χ0v) is 43.2. The minimum absolute atomic E-state index is 0.0183. The maximum Gasteiger partial charge on any atom is 0.343 e. The summed E-state index contributed by atoms with van der Waals surface area (Å²) in [6, 6.07) is 10.2. The molecular formula is C55H60FN9O13. The van der Waals surface area contributed by atoms with E-state index in [2.05, 4.69) is 26.6 Å². The molecule has 2 aromatic carbocycles. The van der Waals surface area contributed by atoms with Crippen molar-refractivity contribution < 1.29 is 62.1 Å². The van der Waals surface area contributed by atoms with Gasteiger partial charge in [-0.3, -0.25) is 48.1 Å². The SMILES string of the molecule is CC[C@@]1(O)C(=O)OCc2c1cc1n(c2=O)Cc2c-1nc1cc(F)c(C)c3c1c2[C@@H](N1CCC(OCNC(=O)CNC(=O)[C@H](Cc2ccccc2)NC(=O)CNC(=O)CNC(=O)CCCCCN2C(=O)C=CC2=O)CC1=O)CC3. The highest BCUT2D eigenvalue weighted by molar-refractivity contribution is 6.12. The fourth-order valence-corrected chi connectivity index (χ4v) is 10.9. The number of nitrogens with zero attached hydrogens (tertiary/aromatic N) is 4. The van der Waals surface area contributed by atoms with Gasteiger partial charge in [-0.1, -0.05) is 43.7 Å². The number of cyclic esters (lactones) is 1. The molecule has 1 saturated heterocycles. The number of pyridine rings is 2. The number of hydrogen-bond acceptors (Lipinski definition) is 14. The molecule has 6 N–H and O–H groups in total. The molecule has 23 heteroatoms. The highest BCUT2D eigenvalue weighted by atomic mass is 19.1. The topological polar surface area (TPSA) is 294 Å². The van der Waals surface area contributed by atoms with Gasteiger partial charge in [-0.05, 0) is 73.8 Å². The third-order valence-electron chi connectivity index (χ3n) is 15.2. The van der Waals surface area contributed by atoms with Gasteiger partial charge in [0.05, 0.1) is 67.2 Å².